The number of nitrogens with zero attached hydrogens (tertiary/aromatic N) is 1. The summed E-state index contributed by atoms with van der Waals surface area (Å²) >= 11 is 0. The van der Waals surface area contributed by atoms with Gasteiger partial charge in [0.2, 0.25) is 10.0 Å². The topological polar surface area (TPSA) is 76.1 Å². The van der Waals surface area contributed by atoms with E-state index in [1.165, 1.54) is 16.4 Å². The van der Waals surface area contributed by atoms with E-state index in [0.717, 1.165) is 0 Å². The van der Waals surface area contributed by atoms with Crippen molar-refractivity contribution < 1.29 is 23.0 Å². The van der Waals surface area contributed by atoms with E-state index < -0.39 is 16.1 Å². The average Bonchev–Trinajstić information content (AvgIpc) is 2.66. The molecule has 0 fully saturated rings. The zero-order valence-electron chi connectivity index (χ0n) is 16.5. The van der Waals surface area contributed by atoms with Crippen molar-refractivity contribution >= 4 is 10.0 Å². The van der Waals surface area contributed by atoms with Gasteiger partial charge in [0, 0.05) is 19.2 Å². The number of benzene rings is 2. The first kappa shape index (κ1) is 20.6. The fourth-order valence-electron chi connectivity index (χ4n) is 3.08. The summed E-state index contributed by atoms with van der Waals surface area (Å²) in [6.45, 7) is 6.97. The zero-order chi connectivity index (χ0) is 20.4. The first-order valence-corrected chi connectivity index (χ1v) is 10.7. The van der Waals surface area contributed by atoms with E-state index in [1.54, 1.807) is 18.2 Å². The Labute approximate surface area is 166 Å². The summed E-state index contributed by atoms with van der Waals surface area (Å²) in [6.07, 6.45) is -0.921. The van der Waals surface area contributed by atoms with Gasteiger partial charge < -0.3 is 14.6 Å². The molecule has 1 atom stereocenters. The quantitative estimate of drug-likeness (QED) is 0.799. The zero-order valence-corrected chi connectivity index (χ0v) is 17.3. The molecule has 2 aromatic rings. The van der Waals surface area contributed by atoms with E-state index in [1.807, 2.05) is 39.0 Å². The molecule has 3 rings (SSSR count). The van der Waals surface area contributed by atoms with Crippen LogP contribution in [-0.2, 0) is 10.0 Å². The van der Waals surface area contributed by atoms with Crippen molar-refractivity contribution in [2.75, 3.05) is 26.3 Å². The molecule has 7 heteroatoms. The number of fused-ring (bicyclic) bond motifs is 1. The highest BCUT2D eigenvalue weighted by molar-refractivity contribution is 7.89. The minimum atomic E-state index is -3.83. The second-order valence-electron chi connectivity index (χ2n) is 8.09. The maximum absolute atomic E-state index is 13.4. The Morgan fingerprint density at radius 3 is 2.32 bits per heavy atom. The number of rotatable bonds is 6. The number of aliphatic hydroxyl groups excluding tert-OH is 1. The van der Waals surface area contributed by atoms with Gasteiger partial charge in [0.05, 0.1) is 11.0 Å². The molecule has 0 radical (unpaired) electrons. The molecule has 0 aliphatic carbocycles. The van der Waals surface area contributed by atoms with Crippen LogP contribution in [0.4, 0.5) is 0 Å². The van der Waals surface area contributed by atoms with Crippen LogP contribution < -0.4 is 9.47 Å². The first-order valence-electron chi connectivity index (χ1n) is 9.30. The molecule has 0 saturated carbocycles. The second kappa shape index (κ2) is 8.11. The molecule has 1 aliphatic rings. The highest BCUT2D eigenvalue weighted by Gasteiger charge is 2.31. The van der Waals surface area contributed by atoms with E-state index in [0.29, 0.717) is 30.3 Å². The third-order valence-electron chi connectivity index (χ3n) is 4.36. The van der Waals surface area contributed by atoms with Crippen LogP contribution in [0.15, 0.2) is 53.4 Å². The lowest BCUT2D eigenvalue weighted by Crippen LogP contribution is -2.40. The van der Waals surface area contributed by atoms with Crippen molar-refractivity contribution in [2.45, 2.75) is 31.8 Å². The Hall–Kier alpha value is -2.09. The maximum atomic E-state index is 13.4. The Morgan fingerprint density at radius 2 is 1.68 bits per heavy atom. The molecular weight excluding hydrogens is 378 g/mol. The summed E-state index contributed by atoms with van der Waals surface area (Å²) < 4.78 is 39.1. The van der Waals surface area contributed by atoms with E-state index >= 15 is 0 Å². The van der Waals surface area contributed by atoms with E-state index in [-0.39, 0.29) is 23.4 Å². The van der Waals surface area contributed by atoms with Crippen molar-refractivity contribution in [3.63, 3.8) is 0 Å². The lowest BCUT2D eigenvalue weighted by molar-refractivity contribution is 0.134. The first-order chi connectivity index (χ1) is 13.2. The smallest absolute Gasteiger partial charge is 0.243 e. The lowest BCUT2D eigenvalue weighted by atomic mass is 9.97. The van der Waals surface area contributed by atoms with Gasteiger partial charge in [0.1, 0.15) is 13.2 Å². The number of hydrogen-bond acceptors (Lipinski definition) is 5. The molecule has 2 aromatic carbocycles. The number of ether oxygens (including phenoxy) is 2. The molecule has 28 heavy (non-hydrogen) atoms. The van der Waals surface area contributed by atoms with Crippen molar-refractivity contribution in [3.05, 3.63) is 54.1 Å². The fraction of sp³-hybridized carbons (Fsp3) is 0.429. The summed E-state index contributed by atoms with van der Waals surface area (Å²) in [5.41, 5.74) is 0.399. The molecule has 0 unspecified atom stereocenters. The van der Waals surface area contributed by atoms with E-state index in [4.69, 9.17) is 9.47 Å². The predicted octanol–water partition coefficient (Wildman–Crippen LogP) is 3.23. The monoisotopic (exact) mass is 405 g/mol. The molecule has 152 valence electrons. The molecule has 1 N–H and O–H groups in total. The lowest BCUT2D eigenvalue weighted by Gasteiger charge is -2.31. The van der Waals surface area contributed by atoms with Crippen LogP contribution in [0.2, 0.25) is 0 Å². The van der Waals surface area contributed by atoms with Gasteiger partial charge in [0.25, 0.3) is 0 Å². The summed E-state index contributed by atoms with van der Waals surface area (Å²) in [5.74, 6) is 0.962. The second-order valence-corrected chi connectivity index (χ2v) is 10.0. The average molecular weight is 406 g/mol. The van der Waals surface area contributed by atoms with Crippen LogP contribution in [0.5, 0.6) is 11.5 Å². The Balaban J connectivity index is 1.92. The van der Waals surface area contributed by atoms with Crippen LogP contribution in [0.3, 0.4) is 0 Å². The third-order valence-corrected chi connectivity index (χ3v) is 6.17. The SMILES string of the molecule is CC(C)(C)CN(C[C@@H](O)c1ccccc1)S(=O)(=O)c1ccc2c(c1)OCCO2. The van der Waals surface area contributed by atoms with Gasteiger partial charge >= 0.3 is 0 Å². The molecule has 6 nitrogen and oxygen atoms in total. The van der Waals surface area contributed by atoms with Crippen LogP contribution in [0, 0.1) is 5.41 Å². The summed E-state index contributed by atoms with van der Waals surface area (Å²) in [5, 5.41) is 10.6. The highest BCUT2D eigenvalue weighted by Crippen LogP contribution is 2.34. The molecule has 1 aliphatic heterocycles. The van der Waals surface area contributed by atoms with Crippen molar-refractivity contribution in [1.29, 1.82) is 0 Å². The van der Waals surface area contributed by atoms with Gasteiger partial charge in [-0.05, 0) is 23.1 Å². The Kier molecular flexibility index (Phi) is 5.98. The minimum absolute atomic E-state index is 0.0297. The van der Waals surface area contributed by atoms with Gasteiger partial charge in [-0.2, -0.15) is 4.31 Å². The molecular formula is C21H27NO5S. The van der Waals surface area contributed by atoms with Gasteiger partial charge in [-0.25, -0.2) is 8.42 Å². The minimum Gasteiger partial charge on any atom is -0.486 e. The van der Waals surface area contributed by atoms with E-state index in [2.05, 4.69) is 0 Å². The molecule has 0 aromatic heterocycles. The predicted molar refractivity (Wildman–Crippen MR) is 107 cm³/mol. The van der Waals surface area contributed by atoms with Crippen LogP contribution in [0.25, 0.3) is 0 Å². The van der Waals surface area contributed by atoms with Gasteiger partial charge in [-0.1, -0.05) is 51.1 Å². The van der Waals surface area contributed by atoms with Gasteiger partial charge in [0.15, 0.2) is 11.5 Å². The van der Waals surface area contributed by atoms with Crippen LogP contribution in [0.1, 0.15) is 32.4 Å². The number of sulfonamides is 1. The molecule has 0 amide bonds. The fourth-order valence-corrected chi connectivity index (χ4v) is 4.77. The van der Waals surface area contributed by atoms with E-state index in [9.17, 15) is 13.5 Å². The van der Waals surface area contributed by atoms with Crippen molar-refractivity contribution in [2.24, 2.45) is 5.41 Å². The maximum Gasteiger partial charge on any atom is 0.243 e. The Bertz CT molecular complexity index is 906. The summed E-state index contributed by atoms with van der Waals surface area (Å²) in [4.78, 5) is 0.126. The standard InChI is InChI=1S/C21H27NO5S/c1-21(2,3)15-22(14-18(23)16-7-5-4-6-8-16)28(24,25)17-9-10-19-20(13-17)27-12-11-26-19/h4-10,13,18,23H,11-12,14-15H2,1-3H3/t18-/m1/s1. The summed E-state index contributed by atoms with van der Waals surface area (Å²) in [7, 11) is -3.83. The Morgan fingerprint density at radius 1 is 1.04 bits per heavy atom. The van der Waals surface area contributed by atoms with Crippen molar-refractivity contribution in [3.8, 4) is 11.5 Å². The summed E-state index contributed by atoms with van der Waals surface area (Å²) in [6, 6.07) is 13.7. The van der Waals surface area contributed by atoms with Crippen LogP contribution >= 0.6 is 0 Å². The van der Waals surface area contributed by atoms with Crippen molar-refractivity contribution in [1.82, 2.24) is 4.31 Å². The molecule has 0 bridgehead atoms. The highest BCUT2D eigenvalue weighted by atomic mass is 32.2. The molecule has 0 saturated heterocycles. The normalized spacial score (nSPS) is 15.5. The molecule has 0 spiro atoms. The number of hydrogen-bond donors (Lipinski definition) is 1. The van der Waals surface area contributed by atoms with Crippen LogP contribution in [-0.4, -0.2) is 44.1 Å². The van der Waals surface area contributed by atoms with Gasteiger partial charge in [-0.15, -0.1) is 0 Å². The third kappa shape index (κ3) is 4.84. The molecule has 1 heterocycles. The largest absolute Gasteiger partial charge is 0.486 e. The number of aliphatic hydroxyl groups is 1. The van der Waals surface area contributed by atoms with Gasteiger partial charge in [-0.3, -0.25) is 0 Å².